The van der Waals surface area contributed by atoms with Crippen LogP contribution in [0.25, 0.3) is 6.08 Å². The number of ketones is 1. The fourth-order valence-electron chi connectivity index (χ4n) is 3.70. The first-order valence-electron chi connectivity index (χ1n) is 12.7. The van der Waals surface area contributed by atoms with Gasteiger partial charge in [-0.1, -0.05) is 35.9 Å². The maximum absolute atomic E-state index is 14.5. The van der Waals surface area contributed by atoms with E-state index in [4.69, 9.17) is 11.6 Å². The maximum atomic E-state index is 14.5. The van der Waals surface area contributed by atoms with Crippen molar-refractivity contribution in [3.8, 4) is 0 Å². The summed E-state index contributed by atoms with van der Waals surface area (Å²) in [5, 5.41) is 8.10. The van der Waals surface area contributed by atoms with Gasteiger partial charge in [0.15, 0.2) is 5.78 Å². The average molecular weight is 602 g/mol. The Morgan fingerprint density at radius 2 is 1.43 bits per heavy atom. The summed E-state index contributed by atoms with van der Waals surface area (Å²) in [5.41, 5.74) is 1.63. The van der Waals surface area contributed by atoms with Crippen LogP contribution in [0.5, 0.6) is 0 Å². The second kappa shape index (κ2) is 14.2. The molecule has 0 fully saturated rings. The molecule has 0 heterocycles. The third-order valence-electron chi connectivity index (χ3n) is 5.87. The fraction of sp³-hybridized carbons (Fsp3) is 0.0625. The average Bonchev–Trinajstić information content (AvgIpc) is 2.98. The second-order valence-electron chi connectivity index (χ2n) is 8.96. The summed E-state index contributed by atoms with van der Waals surface area (Å²) in [5.74, 6) is -2.02. The van der Waals surface area contributed by atoms with E-state index in [9.17, 15) is 23.6 Å². The number of thioether (sulfide) groups is 1. The highest BCUT2D eigenvalue weighted by Gasteiger charge is 2.17. The number of anilines is 2. The molecule has 0 aliphatic rings. The topological polar surface area (TPSA) is 104 Å². The van der Waals surface area contributed by atoms with Gasteiger partial charge in [-0.3, -0.25) is 19.2 Å². The van der Waals surface area contributed by atoms with Gasteiger partial charge in [0.05, 0.1) is 10.8 Å². The van der Waals surface area contributed by atoms with Crippen molar-refractivity contribution in [2.24, 2.45) is 0 Å². The number of carbonyl (C=O) groups excluding carboxylic acids is 4. The number of benzene rings is 4. The summed E-state index contributed by atoms with van der Waals surface area (Å²) < 4.78 is 14.5. The van der Waals surface area contributed by atoms with E-state index in [0.29, 0.717) is 22.5 Å². The van der Waals surface area contributed by atoms with Gasteiger partial charge in [0.25, 0.3) is 11.8 Å². The maximum Gasteiger partial charge on any atom is 0.272 e. The van der Waals surface area contributed by atoms with Gasteiger partial charge in [0.1, 0.15) is 11.5 Å². The molecule has 4 aromatic carbocycles. The Kier molecular flexibility index (Phi) is 10.3. The van der Waals surface area contributed by atoms with E-state index in [1.807, 2.05) is 0 Å². The standard InChI is InChI=1S/C32H25ClFN3O4S/c1-20(38)21-10-12-23(13-11-21)35-30(39)19-42-25-16-14-24(15-17-25)36-32(41)29(18-26-27(33)8-5-9-28(26)34)37-31(40)22-6-3-2-4-7-22/h2-18H,19H2,1H3,(H,35,39)(H,36,41)(H,37,40)/b29-18-. The normalized spacial score (nSPS) is 11.0. The second-order valence-corrected chi connectivity index (χ2v) is 10.4. The van der Waals surface area contributed by atoms with Crippen molar-refractivity contribution in [1.29, 1.82) is 0 Å². The van der Waals surface area contributed by atoms with Crippen LogP contribution >= 0.6 is 23.4 Å². The van der Waals surface area contributed by atoms with Crippen LogP contribution in [0.2, 0.25) is 5.02 Å². The Morgan fingerprint density at radius 3 is 2.07 bits per heavy atom. The van der Waals surface area contributed by atoms with E-state index in [1.165, 1.54) is 43.0 Å². The Morgan fingerprint density at radius 1 is 0.786 bits per heavy atom. The first-order valence-corrected chi connectivity index (χ1v) is 14.0. The van der Waals surface area contributed by atoms with Gasteiger partial charge in [-0.2, -0.15) is 0 Å². The van der Waals surface area contributed by atoms with Crippen LogP contribution in [-0.2, 0) is 9.59 Å². The lowest BCUT2D eigenvalue weighted by atomic mass is 10.1. The Labute approximate surface area is 251 Å². The van der Waals surface area contributed by atoms with Crippen LogP contribution in [0, 0.1) is 5.82 Å². The molecule has 0 unspecified atom stereocenters. The van der Waals surface area contributed by atoms with Crippen LogP contribution in [0.15, 0.2) is 108 Å². The summed E-state index contributed by atoms with van der Waals surface area (Å²) in [6.45, 7) is 1.47. The SMILES string of the molecule is CC(=O)c1ccc(NC(=O)CSc2ccc(NC(=O)/C(=C/c3c(F)cccc3Cl)NC(=O)c3ccccc3)cc2)cc1. The lowest BCUT2D eigenvalue weighted by Crippen LogP contribution is -2.30. The molecule has 0 saturated heterocycles. The predicted molar refractivity (Wildman–Crippen MR) is 164 cm³/mol. The van der Waals surface area contributed by atoms with Gasteiger partial charge in [0.2, 0.25) is 5.91 Å². The lowest BCUT2D eigenvalue weighted by Gasteiger charge is -2.12. The van der Waals surface area contributed by atoms with Crippen molar-refractivity contribution < 1.29 is 23.6 Å². The quantitative estimate of drug-likeness (QED) is 0.105. The lowest BCUT2D eigenvalue weighted by molar-refractivity contribution is -0.114. The molecule has 3 N–H and O–H groups in total. The van der Waals surface area contributed by atoms with Gasteiger partial charge in [-0.15, -0.1) is 11.8 Å². The number of nitrogens with one attached hydrogen (secondary N) is 3. The molecule has 0 aliphatic carbocycles. The highest BCUT2D eigenvalue weighted by Crippen LogP contribution is 2.24. The highest BCUT2D eigenvalue weighted by molar-refractivity contribution is 8.00. The zero-order valence-electron chi connectivity index (χ0n) is 22.3. The monoisotopic (exact) mass is 601 g/mol. The van der Waals surface area contributed by atoms with Gasteiger partial charge < -0.3 is 16.0 Å². The third-order valence-corrected chi connectivity index (χ3v) is 7.22. The smallest absolute Gasteiger partial charge is 0.272 e. The van der Waals surface area contributed by atoms with Gasteiger partial charge in [-0.25, -0.2) is 4.39 Å². The number of rotatable bonds is 10. The molecule has 10 heteroatoms. The summed E-state index contributed by atoms with van der Waals surface area (Å²) in [6.07, 6.45) is 1.18. The molecule has 4 rings (SSSR count). The first-order chi connectivity index (χ1) is 20.2. The van der Waals surface area contributed by atoms with Crippen molar-refractivity contribution in [3.05, 3.63) is 130 Å². The van der Waals surface area contributed by atoms with Crippen LogP contribution in [0.3, 0.4) is 0 Å². The largest absolute Gasteiger partial charge is 0.325 e. The highest BCUT2D eigenvalue weighted by atomic mass is 35.5. The first kappa shape index (κ1) is 30.2. The van der Waals surface area contributed by atoms with Gasteiger partial charge in [-0.05, 0) is 85.8 Å². The van der Waals surface area contributed by atoms with Crippen molar-refractivity contribution >= 4 is 64.3 Å². The Bertz CT molecular complexity index is 1620. The van der Waals surface area contributed by atoms with Gasteiger partial charge >= 0.3 is 0 Å². The van der Waals surface area contributed by atoms with Gasteiger partial charge in [0, 0.05) is 33.0 Å². The number of halogens is 2. The number of Topliss-reactive ketones (excluding diaryl/α,β-unsaturated/α-hetero) is 1. The zero-order chi connectivity index (χ0) is 30.1. The molecule has 4 aromatic rings. The molecule has 0 aliphatic heterocycles. The van der Waals surface area contributed by atoms with Crippen molar-refractivity contribution in [3.63, 3.8) is 0 Å². The van der Waals surface area contributed by atoms with Crippen LogP contribution in [0.4, 0.5) is 15.8 Å². The minimum Gasteiger partial charge on any atom is -0.325 e. The van der Waals surface area contributed by atoms with Crippen molar-refractivity contribution in [2.45, 2.75) is 11.8 Å². The minimum absolute atomic E-state index is 0.0440. The van der Waals surface area contributed by atoms with E-state index in [-0.39, 0.29) is 33.7 Å². The van der Waals surface area contributed by atoms with E-state index in [1.54, 1.807) is 78.9 Å². The minimum atomic E-state index is -0.686. The van der Waals surface area contributed by atoms with E-state index >= 15 is 0 Å². The molecule has 0 aromatic heterocycles. The molecule has 42 heavy (non-hydrogen) atoms. The summed E-state index contributed by atoms with van der Waals surface area (Å²) in [7, 11) is 0. The van der Waals surface area contributed by atoms with Crippen molar-refractivity contribution in [1.82, 2.24) is 5.32 Å². The molecule has 0 radical (unpaired) electrons. The fourth-order valence-corrected chi connectivity index (χ4v) is 4.62. The summed E-state index contributed by atoms with van der Waals surface area (Å²) >= 11 is 7.45. The van der Waals surface area contributed by atoms with Crippen LogP contribution in [-0.4, -0.2) is 29.3 Å². The van der Waals surface area contributed by atoms with E-state index in [0.717, 1.165) is 4.90 Å². The molecule has 7 nitrogen and oxygen atoms in total. The molecular formula is C32H25ClFN3O4S. The van der Waals surface area contributed by atoms with Crippen LogP contribution in [0.1, 0.15) is 33.2 Å². The molecule has 0 saturated carbocycles. The summed E-state index contributed by atoms with van der Waals surface area (Å²) in [6, 6.07) is 25.8. The molecular weight excluding hydrogens is 577 g/mol. The van der Waals surface area contributed by atoms with Crippen LogP contribution < -0.4 is 16.0 Å². The summed E-state index contributed by atoms with van der Waals surface area (Å²) in [4.78, 5) is 50.5. The third kappa shape index (κ3) is 8.39. The molecule has 3 amide bonds. The number of amides is 3. The van der Waals surface area contributed by atoms with Crippen molar-refractivity contribution in [2.75, 3.05) is 16.4 Å². The van der Waals surface area contributed by atoms with E-state index < -0.39 is 17.6 Å². The number of hydrogen-bond acceptors (Lipinski definition) is 5. The number of carbonyl (C=O) groups is 4. The Hall–Kier alpha value is -4.73. The molecule has 212 valence electrons. The zero-order valence-corrected chi connectivity index (χ0v) is 23.9. The Balaban J connectivity index is 1.41. The molecule has 0 spiro atoms. The predicted octanol–water partition coefficient (Wildman–Crippen LogP) is 6.82. The molecule has 0 atom stereocenters. The number of hydrogen-bond donors (Lipinski definition) is 3. The molecule has 0 bridgehead atoms. The van der Waals surface area contributed by atoms with E-state index in [2.05, 4.69) is 16.0 Å².